The quantitative estimate of drug-likeness (QED) is 0.840. The fourth-order valence-electron chi connectivity index (χ4n) is 2.62. The molecule has 1 fully saturated rings. The Labute approximate surface area is 129 Å². The molecule has 120 valence electrons. The first kappa shape index (κ1) is 15.2. The van der Waals surface area contributed by atoms with Gasteiger partial charge in [0, 0.05) is 31.5 Å². The topological polar surface area (TPSA) is 85.9 Å². The maximum atomic E-state index is 12.6. The van der Waals surface area contributed by atoms with E-state index in [1.54, 1.807) is 28.0 Å². The Kier molecular flexibility index (Phi) is 4.00. The van der Waals surface area contributed by atoms with Gasteiger partial charge in [-0.15, -0.1) is 5.10 Å². The van der Waals surface area contributed by atoms with E-state index in [0.29, 0.717) is 13.1 Å². The van der Waals surface area contributed by atoms with E-state index in [-0.39, 0.29) is 17.1 Å². The molecule has 0 spiro atoms. The lowest BCUT2D eigenvalue weighted by molar-refractivity contribution is 0.258. The van der Waals surface area contributed by atoms with Gasteiger partial charge in [-0.25, -0.2) is 18.1 Å². The Morgan fingerprint density at radius 2 is 2.00 bits per heavy atom. The van der Waals surface area contributed by atoms with Gasteiger partial charge in [0.1, 0.15) is 0 Å². The molecule has 1 aliphatic rings. The summed E-state index contributed by atoms with van der Waals surface area (Å²) < 4.78 is 30.4. The SMILES string of the molecule is CC(C)n1cnc(S(=O)(=O)N2CCC(n3ccnn3)CC2)c1. The van der Waals surface area contributed by atoms with Crippen molar-refractivity contribution in [2.75, 3.05) is 13.1 Å². The summed E-state index contributed by atoms with van der Waals surface area (Å²) in [6.45, 7) is 4.92. The van der Waals surface area contributed by atoms with E-state index >= 15 is 0 Å². The van der Waals surface area contributed by atoms with Crippen molar-refractivity contribution in [3.05, 3.63) is 24.9 Å². The first-order valence-electron chi connectivity index (χ1n) is 7.38. The Morgan fingerprint density at radius 1 is 1.27 bits per heavy atom. The van der Waals surface area contributed by atoms with Crippen LogP contribution in [0.25, 0.3) is 0 Å². The molecule has 0 atom stereocenters. The average Bonchev–Trinajstić information content (AvgIpc) is 3.19. The van der Waals surface area contributed by atoms with E-state index in [2.05, 4.69) is 15.3 Å². The number of nitrogens with zero attached hydrogens (tertiary/aromatic N) is 6. The first-order valence-corrected chi connectivity index (χ1v) is 8.82. The normalized spacial score (nSPS) is 18.1. The summed E-state index contributed by atoms with van der Waals surface area (Å²) in [5, 5.41) is 7.92. The van der Waals surface area contributed by atoms with Gasteiger partial charge in [-0.2, -0.15) is 4.31 Å². The van der Waals surface area contributed by atoms with Crippen molar-refractivity contribution in [2.24, 2.45) is 0 Å². The number of aromatic nitrogens is 5. The van der Waals surface area contributed by atoms with Crippen molar-refractivity contribution in [3.8, 4) is 0 Å². The van der Waals surface area contributed by atoms with Crippen LogP contribution in [-0.4, -0.2) is 50.4 Å². The van der Waals surface area contributed by atoms with Gasteiger partial charge in [-0.05, 0) is 26.7 Å². The summed E-state index contributed by atoms with van der Waals surface area (Å²) in [6.07, 6.45) is 8.09. The van der Waals surface area contributed by atoms with E-state index in [4.69, 9.17) is 0 Å². The second-order valence-electron chi connectivity index (χ2n) is 5.77. The molecular formula is C13H20N6O2S. The van der Waals surface area contributed by atoms with Gasteiger partial charge >= 0.3 is 0 Å². The van der Waals surface area contributed by atoms with E-state index < -0.39 is 10.0 Å². The molecule has 1 saturated heterocycles. The van der Waals surface area contributed by atoms with Crippen LogP contribution in [0, 0.1) is 0 Å². The standard InChI is InChI=1S/C13H20N6O2S/c1-11(2)17-9-13(14-10-17)22(20,21)18-6-3-12(4-7-18)19-8-5-15-16-19/h5,8-12H,3-4,6-7H2,1-2H3. The second kappa shape index (κ2) is 5.81. The van der Waals surface area contributed by atoms with Crippen LogP contribution in [-0.2, 0) is 10.0 Å². The van der Waals surface area contributed by atoms with Crippen molar-refractivity contribution in [3.63, 3.8) is 0 Å². The van der Waals surface area contributed by atoms with Crippen LogP contribution in [0.5, 0.6) is 0 Å². The third-order valence-corrected chi connectivity index (χ3v) is 5.80. The summed E-state index contributed by atoms with van der Waals surface area (Å²) in [5.74, 6) is 0. The Bertz CT molecular complexity index is 714. The average molecular weight is 324 g/mol. The van der Waals surface area contributed by atoms with Crippen molar-refractivity contribution in [2.45, 2.75) is 43.8 Å². The molecular weight excluding hydrogens is 304 g/mol. The van der Waals surface area contributed by atoms with Crippen LogP contribution in [0.4, 0.5) is 0 Å². The zero-order valence-electron chi connectivity index (χ0n) is 12.7. The number of sulfonamides is 1. The minimum Gasteiger partial charge on any atom is -0.334 e. The van der Waals surface area contributed by atoms with Crippen molar-refractivity contribution in [1.82, 2.24) is 28.9 Å². The zero-order valence-corrected chi connectivity index (χ0v) is 13.5. The summed E-state index contributed by atoms with van der Waals surface area (Å²) in [4.78, 5) is 4.06. The molecule has 2 aromatic rings. The predicted octanol–water partition coefficient (Wildman–Crippen LogP) is 1.08. The van der Waals surface area contributed by atoms with E-state index in [1.165, 1.54) is 4.31 Å². The summed E-state index contributed by atoms with van der Waals surface area (Å²) in [7, 11) is -3.51. The van der Waals surface area contributed by atoms with Crippen LogP contribution in [0.1, 0.15) is 38.8 Å². The molecule has 0 bridgehead atoms. The molecule has 3 rings (SSSR count). The molecule has 1 aliphatic heterocycles. The van der Waals surface area contributed by atoms with Crippen molar-refractivity contribution >= 4 is 10.0 Å². The third kappa shape index (κ3) is 2.78. The summed E-state index contributed by atoms with van der Waals surface area (Å²) in [5.41, 5.74) is 0. The maximum absolute atomic E-state index is 12.6. The molecule has 2 aromatic heterocycles. The van der Waals surface area contributed by atoms with Crippen LogP contribution in [0.2, 0.25) is 0 Å². The van der Waals surface area contributed by atoms with Gasteiger partial charge in [-0.1, -0.05) is 5.21 Å². The van der Waals surface area contributed by atoms with Crippen molar-refractivity contribution < 1.29 is 8.42 Å². The van der Waals surface area contributed by atoms with E-state index in [9.17, 15) is 8.42 Å². The predicted molar refractivity (Wildman–Crippen MR) is 79.7 cm³/mol. The van der Waals surface area contributed by atoms with Crippen LogP contribution >= 0.6 is 0 Å². The summed E-state index contributed by atoms with van der Waals surface area (Å²) >= 11 is 0. The Hall–Kier alpha value is -1.74. The number of piperidine rings is 1. The van der Waals surface area contributed by atoms with Gasteiger partial charge in [0.15, 0.2) is 5.03 Å². The monoisotopic (exact) mass is 324 g/mol. The highest BCUT2D eigenvalue weighted by Gasteiger charge is 2.31. The highest BCUT2D eigenvalue weighted by molar-refractivity contribution is 7.89. The number of hydrogen-bond acceptors (Lipinski definition) is 5. The Balaban J connectivity index is 1.71. The van der Waals surface area contributed by atoms with Gasteiger partial charge in [-0.3, -0.25) is 0 Å². The zero-order chi connectivity index (χ0) is 15.7. The second-order valence-corrected chi connectivity index (χ2v) is 7.66. The van der Waals surface area contributed by atoms with E-state index in [1.807, 2.05) is 20.0 Å². The van der Waals surface area contributed by atoms with Crippen LogP contribution in [0.3, 0.4) is 0 Å². The molecule has 0 N–H and O–H groups in total. The first-order chi connectivity index (χ1) is 10.5. The van der Waals surface area contributed by atoms with Crippen LogP contribution < -0.4 is 0 Å². The lowest BCUT2D eigenvalue weighted by atomic mass is 10.1. The summed E-state index contributed by atoms with van der Waals surface area (Å²) in [6, 6.07) is 0.400. The molecule has 0 radical (unpaired) electrons. The van der Waals surface area contributed by atoms with Gasteiger partial charge < -0.3 is 4.57 Å². The lowest BCUT2D eigenvalue weighted by Crippen LogP contribution is -2.39. The molecule has 8 nitrogen and oxygen atoms in total. The number of imidazole rings is 1. The fourth-order valence-corrected chi connectivity index (χ4v) is 4.02. The van der Waals surface area contributed by atoms with Crippen molar-refractivity contribution in [1.29, 1.82) is 0 Å². The molecule has 0 saturated carbocycles. The fraction of sp³-hybridized carbons (Fsp3) is 0.615. The molecule has 3 heterocycles. The van der Waals surface area contributed by atoms with Gasteiger partial charge in [0.2, 0.25) is 0 Å². The molecule has 0 aliphatic carbocycles. The molecule has 22 heavy (non-hydrogen) atoms. The highest BCUT2D eigenvalue weighted by atomic mass is 32.2. The minimum absolute atomic E-state index is 0.125. The number of rotatable bonds is 4. The molecule has 9 heteroatoms. The largest absolute Gasteiger partial charge is 0.334 e. The molecule has 0 amide bonds. The molecule has 0 unspecified atom stereocenters. The van der Waals surface area contributed by atoms with Crippen LogP contribution in [0.15, 0.2) is 29.9 Å². The van der Waals surface area contributed by atoms with Gasteiger partial charge in [0.25, 0.3) is 10.0 Å². The smallest absolute Gasteiger partial charge is 0.262 e. The third-order valence-electron chi connectivity index (χ3n) is 4.02. The van der Waals surface area contributed by atoms with E-state index in [0.717, 1.165) is 12.8 Å². The van der Waals surface area contributed by atoms with Gasteiger partial charge in [0.05, 0.1) is 18.6 Å². The minimum atomic E-state index is -3.51. The lowest BCUT2D eigenvalue weighted by Gasteiger charge is -2.30. The molecule has 0 aromatic carbocycles. The maximum Gasteiger partial charge on any atom is 0.262 e. The Morgan fingerprint density at radius 3 is 2.55 bits per heavy atom. The highest BCUT2D eigenvalue weighted by Crippen LogP contribution is 2.25. The number of hydrogen-bond donors (Lipinski definition) is 0.